The molecular weight excluding hydrogens is 228 g/mol. The summed E-state index contributed by atoms with van der Waals surface area (Å²) >= 11 is 0. The third kappa shape index (κ3) is 24.6. The Morgan fingerprint density at radius 2 is 1.39 bits per heavy atom. The SMILES string of the molecule is CCCCCCCCO.CCCCCOC(C)=O. The van der Waals surface area contributed by atoms with Gasteiger partial charge in [0.2, 0.25) is 0 Å². The van der Waals surface area contributed by atoms with E-state index in [9.17, 15) is 4.79 Å². The first-order valence-electron chi connectivity index (χ1n) is 7.43. The molecule has 0 rings (SSSR count). The lowest BCUT2D eigenvalue weighted by atomic mass is 10.1. The van der Waals surface area contributed by atoms with Crippen LogP contribution in [0, 0.1) is 0 Å². The van der Waals surface area contributed by atoms with Crippen LogP contribution >= 0.6 is 0 Å². The van der Waals surface area contributed by atoms with E-state index >= 15 is 0 Å². The first-order valence-corrected chi connectivity index (χ1v) is 7.43. The molecular formula is C15H32O3. The summed E-state index contributed by atoms with van der Waals surface area (Å²) in [6.45, 7) is 6.72. The van der Waals surface area contributed by atoms with Gasteiger partial charge in [-0.25, -0.2) is 0 Å². The fourth-order valence-electron chi connectivity index (χ4n) is 1.46. The summed E-state index contributed by atoms with van der Waals surface area (Å²) in [5.41, 5.74) is 0. The van der Waals surface area contributed by atoms with Crippen molar-refractivity contribution in [3.63, 3.8) is 0 Å². The summed E-state index contributed by atoms with van der Waals surface area (Å²) < 4.78 is 4.70. The molecule has 0 fully saturated rings. The van der Waals surface area contributed by atoms with E-state index in [1.165, 1.54) is 45.4 Å². The Kier molecular flexibility index (Phi) is 20.6. The van der Waals surface area contributed by atoms with Crippen LogP contribution in [-0.2, 0) is 9.53 Å². The number of carbonyl (C=O) groups excluding carboxylic acids is 1. The van der Waals surface area contributed by atoms with Gasteiger partial charge in [0.25, 0.3) is 0 Å². The summed E-state index contributed by atoms with van der Waals surface area (Å²) in [7, 11) is 0. The number of aliphatic hydroxyl groups excluding tert-OH is 1. The summed E-state index contributed by atoms with van der Waals surface area (Å²) in [4.78, 5) is 10.2. The van der Waals surface area contributed by atoms with Crippen LogP contribution in [0.4, 0.5) is 0 Å². The van der Waals surface area contributed by atoms with Crippen molar-refractivity contribution in [2.24, 2.45) is 0 Å². The Bertz CT molecular complexity index is 152. The Labute approximate surface area is 113 Å². The van der Waals surface area contributed by atoms with Crippen LogP contribution < -0.4 is 0 Å². The normalized spacial score (nSPS) is 9.56. The molecule has 0 saturated heterocycles. The molecule has 0 aliphatic rings. The molecule has 0 heterocycles. The van der Waals surface area contributed by atoms with Crippen LogP contribution in [0.2, 0.25) is 0 Å². The molecule has 0 radical (unpaired) electrons. The van der Waals surface area contributed by atoms with Gasteiger partial charge in [-0.1, -0.05) is 58.8 Å². The average molecular weight is 260 g/mol. The van der Waals surface area contributed by atoms with E-state index in [1.807, 2.05) is 0 Å². The van der Waals surface area contributed by atoms with Gasteiger partial charge in [0.15, 0.2) is 0 Å². The number of carbonyl (C=O) groups is 1. The van der Waals surface area contributed by atoms with Crippen LogP contribution in [0.25, 0.3) is 0 Å². The Balaban J connectivity index is 0. The molecule has 0 aromatic carbocycles. The first kappa shape index (κ1) is 19.8. The van der Waals surface area contributed by atoms with Gasteiger partial charge < -0.3 is 9.84 Å². The van der Waals surface area contributed by atoms with Gasteiger partial charge in [0.05, 0.1) is 6.61 Å². The molecule has 0 aliphatic heterocycles. The van der Waals surface area contributed by atoms with Crippen LogP contribution in [0.5, 0.6) is 0 Å². The third-order valence-corrected chi connectivity index (χ3v) is 2.56. The molecule has 0 aromatic heterocycles. The van der Waals surface area contributed by atoms with Gasteiger partial charge in [0, 0.05) is 13.5 Å². The summed E-state index contributed by atoms with van der Waals surface area (Å²) in [5.74, 6) is -0.175. The van der Waals surface area contributed by atoms with Gasteiger partial charge in [-0.2, -0.15) is 0 Å². The van der Waals surface area contributed by atoms with Gasteiger partial charge in [-0.3, -0.25) is 4.79 Å². The van der Waals surface area contributed by atoms with Gasteiger partial charge >= 0.3 is 5.97 Å². The molecule has 18 heavy (non-hydrogen) atoms. The number of unbranched alkanes of at least 4 members (excludes halogenated alkanes) is 7. The highest BCUT2D eigenvalue weighted by atomic mass is 16.5. The highest BCUT2D eigenvalue weighted by Gasteiger charge is 1.89. The predicted molar refractivity (Wildman–Crippen MR) is 76.6 cm³/mol. The standard InChI is InChI=1S/C8H18O.C7H14O2/c1-2-3-4-5-6-7-8-9;1-3-4-5-6-9-7(2)8/h9H,2-8H2,1H3;3-6H2,1-2H3. The zero-order valence-corrected chi connectivity index (χ0v) is 12.5. The van der Waals surface area contributed by atoms with Crippen molar-refractivity contribution in [1.82, 2.24) is 0 Å². The molecule has 0 saturated carbocycles. The quantitative estimate of drug-likeness (QED) is 0.475. The van der Waals surface area contributed by atoms with E-state index < -0.39 is 0 Å². The van der Waals surface area contributed by atoms with Crippen molar-refractivity contribution < 1.29 is 14.6 Å². The van der Waals surface area contributed by atoms with Crippen molar-refractivity contribution in [3.8, 4) is 0 Å². The zero-order chi connectivity index (χ0) is 14.1. The first-order chi connectivity index (χ1) is 8.68. The molecule has 0 aliphatic carbocycles. The number of rotatable bonds is 10. The molecule has 0 amide bonds. The Hall–Kier alpha value is -0.570. The Morgan fingerprint density at radius 1 is 0.889 bits per heavy atom. The second-order valence-electron chi connectivity index (χ2n) is 4.54. The molecule has 1 N–H and O–H groups in total. The molecule has 0 aromatic rings. The lowest BCUT2D eigenvalue weighted by molar-refractivity contribution is -0.141. The van der Waals surface area contributed by atoms with E-state index in [4.69, 9.17) is 9.84 Å². The third-order valence-electron chi connectivity index (χ3n) is 2.56. The highest BCUT2D eigenvalue weighted by molar-refractivity contribution is 5.65. The zero-order valence-electron chi connectivity index (χ0n) is 12.5. The molecule has 110 valence electrons. The van der Waals surface area contributed by atoms with Crippen molar-refractivity contribution >= 4 is 5.97 Å². The second-order valence-corrected chi connectivity index (χ2v) is 4.54. The Morgan fingerprint density at radius 3 is 1.89 bits per heavy atom. The topological polar surface area (TPSA) is 46.5 Å². The van der Waals surface area contributed by atoms with Crippen LogP contribution in [0.1, 0.15) is 78.6 Å². The summed E-state index contributed by atoms with van der Waals surface area (Å²) in [6, 6.07) is 0. The minimum atomic E-state index is -0.175. The molecule has 0 unspecified atom stereocenters. The van der Waals surface area contributed by atoms with Gasteiger partial charge in [-0.05, 0) is 12.8 Å². The largest absolute Gasteiger partial charge is 0.466 e. The fourth-order valence-corrected chi connectivity index (χ4v) is 1.46. The fraction of sp³-hybridized carbons (Fsp3) is 0.933. The predicted octanol–water partition coefficient (Wildman–Crippen LogP) is 4.08. The second kappa shape index (κ2) is 18.8. The molecule has 0 atom stereocenters. The number of hydrogen-bond acceptors (Lipinski definition) is 3. The van der Waals surface area contributed by atoms with Crippen molar-refractivity contribution in [3.05, 3.63) is 0 Å². The maximum absolute atomic E-state index is 10.2. The van der Waals surface area contributed by atoms with E-state index in [1.54, 1.807) is 0 Å². The van der Waals surface area contributed by atoms with E-state index in [-0.39, 0.29) is 5.97 Å². The van der Waals surface area contributed by atoms with E-state index in [2.05, 4.69) is 13.8 Å². The van der Waals surface area contributed by atoms with E-state index in [0.29, 0.717) is 13.2 Å². The monoisotopic (exact) mass is 260 g/mol. The van der Waals surface area contributed by atoms with Gasteiger partial charge in [-0.15, -0.1) is 0 Å². The minimum Gasteiger partial charge on any atom is -0.466 e. The van der Waals surface area contributed by atoms with Crippen LogP contribution in [-0.4, -0.2) is 24.3 Å². The number of hydrogen-bond donors (Lipinski definition) is 1. The van der Waals surface area contributed by atoms with Gasteiger partial charge in [0.1, 0.15) is 0 Å². The highest BCUT2D eigenvalue weighted by Crippen LogP contribution is 2.03. The molecule has 3 nitrogen and oxygen atoms in total. The number of esters is 1. The lowest BCUT2D eigenvalue weighted by Gasteiger charge is -1.98. The smallest absolute Gasteiger partial charge is 0.302 e. The summed E-state index contributed by atoms with van der Waals surface area (Å²) in [6.07, 6.45) is 10.8. The maximum Gasteiger partial charge on any atom is 0.302 e. The maximum atomic E-state index is 10.2. The molecule has 3 heteroatoms. The van der Waals surface area contributed by atoms with Crippen molar-refractivity contribution in [1.29, 1.82) is 0 Å². The number of ether oxygens (including phenoxy) is 1. The average Bonchev–Trinajstić information content (AvgIpc) is 2.35. The lowest BCUT2D eigenvalue weighted by Crippen LogP contribution is -1.99. The summed E-state index contributed by atoms with van der Waals surface area (Å²) in [5, 5.41) is 8.42. The van der Waals surface area contributed by atoms with Crippen LogP contribution in [0.3, 0.4) is 0 Å². The number of aliphatic hydroxyl groups is 1. The van der Waals surface area contributed by atoms with Crippen LogP contribution in [0.15, 0.2) is 0 Å². The van der Waals surface area contributed by atoms with Crippen molar-refractivity contribution in [2.45, 2.75) is 78.6 Å². The molecule has 0 spiro atoms. The van der Waals surface area contributed by atoms with E-state index in [0.717, 1.165) is 19.3 Å². The molecule has 0 bridgehead atoms. The minimum absolute atomic E-state index is 0.175. The van der Waals surface area contributed by atoms with Crippen molar-refractivity contribution in [2.75, 3.05) is 13.2 Å².